The predicted molar refractivity (Wildman–Crippen MR) is 43.0 cm³/mol. The smallest absolute Gasteiger partial charge is 0.146 e. The van der Waals surface area contributed by atoms with E-state index in [1.165, 1.54) is 18.4 Å². The summed E-state index contributed by atoms with van der Waals surface area (Å²) in [6, 6.07) is 1.92. The Morgan fingerprint density at radius 1 is 1.55 bits per heavy atom. The van der Waals surface area contributed by atoms with Crippen molar-refractivity contribution in [3.63, 3.8) is 0 Å². The van der Waals surface area contributed by atoms with Gasteiger partial charge in [0.2, 0.25) is 0 Å². The average Bonchev–Trinajstić information content (AvgIpc) is 2.70. The van der Waals surface area contributed by atoms with Gasteiger partial charge in [-0.05, 0) is 29.9 Å². The Balaban J connectivity index is 2.38. The largest absolute Gasteiger partial charge is 0.382 e. The van der Waals surface area contributed by atoms with Gasteiger partial charge in [-0.25, -0.2) is 0 Å². The van der Waals surface area contributed by atoms with Crippen molar-refractivity contribution < 1.29 is 0 Å². The molecule has 1 aliphatic rings. The topological polar surface area (TPSA) is 51.8 Å². The molecule has 0 aromatic carbocycles. The van der Waals surface area contributed by atoms with E-state index in [1.807, 2.05) is 12.3 Å². The lowest BCUT2D eigenvalue weighted by Crippen LogP contribution is -2.03. The van der Waals surface area contributed by atoms with E-state index in [9.17, 15) is 0 Å². The number of nitrogen functional groups attached to an aromatic ring is 1. The Hall–Kier alpha value is -1.12. The van der Waals surface area contributed by atoms with Crippen LogP contribution in [0.15, 0.2) is 12.3 Å². The van der Waals surface area contributed by atoms with Gasteiger partial charge in [0.05, 0.1) is 6.20 Å². The van der Waals surface area contributed by atoms with Gasteiger partial charge in [-0.3, -0.25) is 0 Å². The zero-order chi connectivity index (χ0) is 7.90. The van der Waals surface area contributed by atoms with Gasteiger partial charge >= 0.3 is 0 Å². The lowest BCUT2D eigenvalue weighted by molar-refractivity contribution is 0.773. The standard InChI is InChI=1S/C8H11N3/c1-8(2-3-8)6-4-7(9)11-10-5-6/h4-5H,2-3H2,1H3,(H2,9,11). The van der Waals surface area contributed by atoms with Crippen molar-refractivity contribution in [2.24, 2.45) is 0 Å². The van der Waals surface area contributed by atoms with Crippen LogP contribution in [0.5, 0.6) is 0 Å². The molecular formula is C8H11N3. The number of nitrogens with zero attached hydrogens (tertiary/aromatic N) is 2. The fourth-order valence-corrected chi connectivity index (χ4v) is 1.19. The van der Waals surface area contributed by atoms with E-state index in [4.69, 9.17) is 5.73 Å². The Morgan fingerprint density at radius 2 is 2.27 bits per heavy atom. The van der Waals surface area contributed by atoms with E-state index in [1.54, 1.807) is 0 Å². The van der Waals surface area contributed by atoms with Crippen molar-refractivity contribution in [3.8, 4) is 0 Å². The molecule has 1 aromatic rings. The van der Waals surface area contributed by atoms with E-state index in [0.29, 0.717) is 11.2 Å². The molecule has 0 radical (unpaired) electrons. The number of aromatic nitrogens is 2. The molecule has 2 N–H and O–H groups in total. The third kappa shape index (κ3) is 1.06. The van der Waals surface area contributed by atoms with Crippen LogP contribution in [-0.4, -0.2) is 10.2 Å². The van der Waals surface area contributed by atoms with Crippen molar-refractivity contribution in [2.45, 2.75) is 25.2 Å². The number of nitrogens with two attached hydrogens (primary N) is 1. The van der Waals surface area contributed by atoms with Crippen LogP contribution in [0.25, 0.3) is 0 Å². The first kappa shape index (κ1) is 6.58. The van der Waals surface area contributed by atoms with Crippen molar-refractivity contribution >= 4 is 5.82 Å². The van der Waals surface area contributed by atoms with Crippen molar-refractivity contribution in [1.82, 2.24) is 10.2 Å². The minimum absolute atomic E-state index is 0.351. The van der Waals surface area contributed by atoms with E-state index in [-0.39, 0.29) is 0 Å². The summed E-state index contributed by atoms with van der Waals surface area (Å²) < 4.78 is 0. The Bertz CT molecular complexity index is 278. The zero-order valence-corrected chi connectivity index (χ0v) is 6.54. The molecule has 0 amide bonds. The predicted octanol–water partition coefficient (Wildman–Crippen LogP) is 1.11. The molecule has 1 aliphatic carbocycles. The SMILES string of the molecule is CC1(c2cnnc(N)c2)CC1. The molecule has 0 atom stereocenters. The summed E-state index contributed by atoms with van der Waals surface area (Å²) in [6.07, 6.45) is 4.31. The highest BCUT2D eigenvalue weighted by atomic mass is 15.1. The minimum Gasteiger partial charge on any atom is -0.382 e. The summed E-state index contributed by atoms with van der Waals surface area (Å²) in [4.78, 5) is 0. The highest BCUT2D eigenvalue weighted by molar-refractivity contribution is 5.36. The maximum Gasteiger partial charge on any atom is 0.146 e. The van der Waals surface area contributed by atoms with Crippen LogP contribution in [0, 0.1) is 0 Å². The third-order valence-corrected chi connectivity index (χ3v) is 2.37. The van der Waals surface area contributed by atoms with Gasteiger partial charge in [0.25, 0.3) is 0 Å². The van der Waals surface area contributed by atoms with Gasteiger partial charge in [-0.15, -0.1) is 5.10 Å². The maximum atomic E-state index is 5.51. The van der Waals surface area contributed by atoms with Gasteiger partial charge in [0.15, 0.2) is 0 Å². The first-order valence-electron chi connectivity index (χ1n) is 3.79. The minimum atomic E-state index is 0.351. The zero-order valence-electron chi connectivity index (χ0n) is 6.54. The van der Waals surface area contributed by atoms with Gasteiger partial charge < -0.3 is 5.73 Å². The van der Waals surface area contributed by atoms with Gasteiger partial charge in [-0.2, -0.15) is 5.10 Å². The lowest BCUT2D eigenvalue weighted by Gasteiger charge is -2.06. The highest BCUT2D eigenvalue weighted by Crippen LogP contribution is 2.47. The second-order valence-corrected chi connectivity index (χ2v) is 3.43. The molecule has 2 rings (SSSR count). The first-order chi connectivity index (χ1) is 5.21. The monoisotopic (exact) mass is 149 g/mol. The van der Waals surface area contributed by atoms with E-state index >= 15 is 0 Å². The van der Waals surface area contributed by atoms with Crippen LogP contribution in [0.2, 0.25) is 0 Å². The summed E-state index contributed by atoms with van der Waals surface area (Å²) in [5.41, 5.74) is 7.09. The number of rotatable bonds is 1. The van der Waals surface area contributed by atoms with Crippen LogP contribution < -0.4 is 5.73 Å². The summed E-state index contributed by atoms with van der Waals surface area (Å²) in [7, 11) is 0. The molecule has 0 spiro atoms. The van der Waals surface area contributed by atoms with Gasteiger partial charge in [0.1, 0.15) is 5.82 Å². The molecule has 1 heterocycles. The average molecular weight is 149 g/mol. The summed E-state index contributed by atoms with van der Waals surface area (Å²) in [5.74, 6) is 0.524. The molecule has 0 unspecified atom stereocenters. The van der Waals surface area contributed by atoms with E-state index in [0.717, 1.165) is 0 Å². The molecule has 0 aliphatic heterocycles. The highest BCUT2D eigenvalue weighted by Gasteiger charge is 2.39. The number of anilines is 1. The molecule has 1 saturated carbocycles. The Labute approximate surface area is 65.6 Å². The maximum absolute atomic E-state index is 5.51. The van der Waals surface area contributed by atoms with Crippen LogP contribution in [-0.2, 0) is 5.41 Å². The summed E-state index contributed by atoms with van der Waals surface area (Å²) in [5, 5.41) is 7.52. The number of hydrogen-bond acceptors (Lipinski definition) is 3. The van der Waals surface area contributed by atoms with Crippen LogP contribution >= 0.6 is 0 Å². The molecule has 3 heteroatoms. The molecule has 0 bridgehead atoms. The lowest BCUT2D eigenvalue weighted by atomic mass is 10.0. The molecule has 11 heavy (non-hydrogen) atoms. The number of hydrogen-bond donors (Lipinski definition) is 1. The first-order valence-corrected chi connectivity index (χ1v) is 3.79. The second kappa shape index (κ2) is 1.94. The Kier molecular flexibility index (Phi) is 1.16. The molecule has 1 fully saturated rings. The van der Waals surface area contributed by atoms with Crippen molar-refractivity contribution in [2.75, 3.05) is 5.73 Å². The normalized spacial score (nSPS) is 19.7. The van der Waals surface area contributed by atoms with Gasteiger partial charge in [-0.1, -0.05) is 6.92 Å². The molecule has 1 aromatic heterocycles. The summed E-state index contributed by atoms with van der Waals surface area (Å²) >= 11 is 0. The second-order valence-electron chi connectivity index (χ2n) is 3.43. The fraction of sp³-hybridized carbons (Fsp3) is 0.500. The van der Waals surface area contributed by atoms with E-state index in [2.05, 4.69) is 17.1 Å². The van der Waals surface area contributed by atoms with Crippen LogP contribution in [0.3, 0.4) is 0 Å². The molecule has 0 saturated heterocycles. The van der Waals surface area contributed by atoms with Crippen molar-refractivity contribution in [3.05, 3.63) is 17.8 Å². The molecular weight excluding hydrogens is 138 g/mol. The van der Waals surface area contributed by atoms with Crippen LogP contribution in [0.1, 0.15) is 25.3 Å². The van der Waals surface area contributed by atoms with Gasteiger partial charge in [0, 0.05) is 0 Å². The quantitative estimate of drug-likeness (QED) is 0.650. The molecule has 3 nitrogen and oxygen atoms in total. The van der Waals surface area contributed by atoms with E-state index < -0.39 is 0 Å². The Morgan fingerprint density at radius 3 is 2.82 bits per heavy atom. The van der Waals surface area contributed by atoms with Crippen LogP contribution in [0.4, 0.5) is 5.82 Å². The molecule has 58 valence electrons. The summed E-state index contributed by atoms with van der Waals surface area (Å²) in [6.45, 7) is 2.23. The third-order valence-electron chi connectivity index (χ3n) is 2.37. The van der Waals surface area contributed by atoms with Crippen molar-refractivity contribution in [1.29, 1.82) is 0 Å². The fourth-order valence-electron chi connectivity index (χ4n) is 1.19.